The number of imidazole rings is 2. The van der Waals surface area contributed by atoms with Crippen LogP contribution in [0.4, 0.5) is 9.59 Å². The van der Waals surface area contributed by atoms with Crippen molar-refractivity contribution in [3.8, 4) is 11.3 Å². The van der Waals surface area contributed by atoms with Crippen LogP contribution in [0.3, 0.4) is 0 Å². The van der Waals surface area contributed by atoms with Crippen LogP contribution < -0.4 is 5.32 Å². The minimum Gasteiger partial charge on any atom is -0.453 e. The first-order chi connectivity index (χ1) is 27.3. The Hall–Kier alpha value is -4.88. The third-order valence-electron chi connectivity index (χ3n) is 13.7. The number of nitrogens with zero attached hydrogens (tertiary/aromatic N) is 5. The molecule has 3 N–H and O–H groups in total. The third-order valence-corrected chi connectivity index (χ3v) is 13.7. The van der Waals surface area contributed by atoms with Crippen molar-refractivity contribution < 1.29 is 28.7 Å². The van der Waals surface area contributed by atoms with Gasteiger partial charge in [0.2, 0.25) is 11.8 Å². The van der Waals surface area contributed by atoms with Gasteiger partial charge in [0.1, 0.15) is 23.7 Å². The molecule has 8 rings (SSSR count). The summed E-state index contributed by atoms with van der Waals surface area (Å²) in [5, 5.41) is 2.74. The van der Waals surface area contributed by atoms with Crippen molar-refractivity contribution in [1.29, 1.82) is 0 Å². The predicted octanol–water partition coefficient (Wildman–Crippen LogP) is 6.77. The molecule has 4 heterocycles. The Kier molecular flexibility index (Phi) is 11.4. The summed E-state index contributed by atoms with van der Waals surface area (Å²) in [6.45, 7) is 9.01. The number of methoxy groups -OCH3 is 2. The number of amides is 4. The zero-order valence-electron chi connectivity index (χ0n) is 34.6. The lowest BCUT2D eigenvalue weighted by Gasteiger charge is -2.53. The zero-order chi connectivity index (χ0) is 40.6. The van der Waals surface area contributed by atoms with Gasteiger partial charge in [-0.2, -0.15) is 0 Å². The van der Waals surface area contributed by atoms with Gasteiger partial charge in [0.05, 0.1) is 38.2 Å². The SMILES string of the molecule is COC(=O)N[C@H](C(=O)N1CCC[C@H]1c1ncc(C23CCC(c4ccc(-c5cnc([C@@H]6CCCN6C(=O)[C@H](C(C)C)N(C)C(=O)OC)[nH]5)cc4)(CC2)CC3)[nH]1)C(C)C. The number of ether oxygens (including phenoxy) is 2. The van der Waals surface area contributed by atoms with Gasteiger partial charge in [-0.05, 0) is 92.6 Å². The number of benzene rings is 1. The van der Waals surface area contributed by atoms with E-state index in [0.717, 1.165) is 87.1 Å². The smallest absolute Gasteiger partial charge is 0.409 e. The van der Waals surface area contributed by atoms with E-state index in [-0.39, 0.29) is 46.6 Å². The van der Waals surface area contributed by atoms with Crippen LogP contribution >= 0.6 is 0 Å². The summed E-state index contributed by atoms with van der Waals surface area (Å²) in [5.74, 6) is 1.26. The molecule has 14 heteroatoms. The summed E-state index contributed by atoms with van der Waals surface area (Å²) in [7, 11) is 4.26. The van der Waals surface area contributed by atoms with Crippen molar-refractivity contribution in [2.45, 2.75) is 127 Å². The summed E-state index contributed by atoms with van der Waals surface area (Å²) < 4.78 is 9.72. The second-order valence-corrected chi connectivity index (χ2v) is 17.5. The van der Waals surface area contributed by atoms with Crippen LogP contribution in [-0.2, 0) is 29.9 Å². The first-order valence-corrected chi connectivity index (χ1v) is 20.8. The number of hydrogen-bond acceptors (Lipinski definition) is 8. The number of likely N-dealkylation sites (N-methyl/N-ethyl adjacent to an activating group) is 1. The standard InChI is InChI=1S/C43H60N8O6/c1-26(2)34(48-40(54)56-6)38(52)50-22-8-11-32(50)37-45-25-33(47-37)43-19-16-42(17-20-43,18-21-43)29-14-12-28(13-15-29)30-24-44-36(46-30)31-10-9-23-51(31)39(53)35(27(3)4)49(5)41(55)57-7/h12-15,24-27,31-32,34-35H,8-11,16-23H2,1-7H3,(H,44,46)(H,45,47)(H,48,54)/t31-,32-,34-,35-,42?,43?/m0/s1. The van der Waals surface area contributed by atoms with E-state index < -0.39 is 24.3 Å². The molecule has 2 saturated heterocycles. The van der Waals surface area contributed by atoms with Crippen LogP contribution in [0.2, 0.25) is 0 Å². The average Bonchev–Trinajstić information content (AvgIpc) is 4.07. The van der Waals surface area contributed by atoms with E-state index >= 15 is 0 Å². The van der Waals surface area contributed by atoms with Crippen LogP contribution in [-0.4, -0.2) is 105 Å². The average molecular weight is 785 g/mol. The number of hydrogen-bond donors (Lipinski definition) is 3. The van der Waals surface area contributed by atoms with Crippen molar-refractivity contribution in [1.82, 2.24) is 40.0 Å². The molecule has 3 aliphatic carbocycles. The Labute approximate surface area is 335 Å². The molecule has 1 aromatic carbocycles. The number of carbonyl (C=O) groups excluding carboxylic acids is 4. The maximum Gasteiger partial charge on any atom is 0.409 e. The summed E-state index contributed by atoms with van der Waals surface area (Å²) >= 11 is 0. The largest absolute Gasteiger partial charge is 0.453 e. The van der Waals surface area contributed by atoms with E-state index in [1.807, 2.05) is 49.9 Å². The molecule has 0 spiro atoms. The number of fused-ring (bicyclic) bond motifs is 3. The first-order valence-electron chi connectivity index (χ1n) is 20.8. The van der Waals surface area contributed by atoms with Crippen LogP contribution in [0.5, 0.6) is 0 Å². The Morgan fingerprint density at radius 3 is 1.89 bits per heavy atom. The van der Waals surface area contributed by atoms with Crippen molar-refractivity contribution in [2.75, 3.05) is 34.4 Å². The summed E-state index contributed by atoms with van der Waals surface area (Å²) in [5.41, 5.74) is 4.74. The fourth-order valence-electron chi connectivity index (χ4n) is 10.3. The van der Waals surface area contributed by atoms with E-state index in [1.165, 1.54) is 30.4 Å². The maximum absolute atomic E-state index is 13.8. The number of H-pyrrole nitrogens is 2. The van der Waals surface area contributed by atoms with Crippen molar-refractivity contribution in [3.63, 3.8) is 0 Å². The van der Waals surface area contributed by atoms with Gasteiger partial charge in [-0.3, -0.25) is 14.5 Å². The fraction of sp³-hybridized carbons (Fsp3) is 0.628. The molecule has 4 amide bonds. The van der Waals surface area contributed by atoms with E-state index in [1.54, 1.807) is 7.05 Å². The predicted molar refractivity (Wildman–Crippen MR) is 214 cm³/mol. The molecular formula is C43H60N8O6. The molecule has 3 aromatic rings. The number of carbonyl (C=O) groups is 4. The maximum atomic E-state index is 13.8. The van der Waals surface area contributed by atoms with Crippen LogP contribution in [0.25, 0.3) is 11.3 Å². The molecular weight excluding hydrogens is 725 g/mol. The van der Waals surface area contributed by atoms with Gasteiger partial charge < -0.3 is 34.6 Å². The van der Waals surface area contributed by atoms with E-state index in [0.29, 0.717) is 13.1 Å². The number of aromatic amines is 2. The van der Waals surface area contributed by atoms with Crippen LogP contribution in [0, 0.1) is 11.8 Å². The molecule has 3 saturated carbocycles. The van der Waals surface area contributed by atoms with E-state index in [4.69, 9.17) is 19.4 Å². The lowest BCUT2D eigenvalue weighted by atomic mass is 9.51. The highest BCUT2D eigenvalue weighted by Gasteiger charge is 2.51. The van der Waals surface area contributed by atoms with Crippen molar-refractivity contribution in [3.05, 3.63) is 59.6 Å². The first kappa shape index (κ1) is 40.3. The minimum atomic E-state index is -0.659. The highest BCUT2D eigenvalue weighted by atomic mass is 16.5. The second kappa shape index (κ2) is 16.2. The van der Waals surface area contributed by atoms with Gasteiger partial charge in [-0.25, -0.2) is 19.6 Å². The van der Waals surface area contributed by atoms with Gasteiger partial charge >= 0.3 is 12.2 Å². The lowest BCUT2D eigenvalue weighted by Crippen LogP contribution is -2.51. The molecule has 57 heavy (non-hydrogen) atoms. The van der Waals surface area contributed by atoms with Gasteiger partial charge in [0.25, 0.3) is 0 Å². The van der Waals surface area contributed by atoms with Crippen molar-refractivity contribution in [2.24, 2.45) is 11.8 Å². The van der Waals surface area contributed by atoms with E-state index in [2.05, 4.69) is 39.6 Å². The Morgan fingerprint density at radius 2 is 1.33 bits per heavy atom. The van der Waals surface area contributed by atoms with Crippen LogP contribution in [0.15, 0.2) is 36.7 Å². The molecule has 5 fully saturated rings. The monoisotopic (exact) mass is 784 g/mol. The number of likely N-dealkylation sites (tertiary alicyclic amines) is 2. The Bertz CT molecular complexity index is 1910. The Morgan fingerprint density at radius 1 is 0.772 bits per heavy atom. The summed E-state index contributed by atoms with van der Waals surface area (Å²) in [6.07, 6.45) is 12.7. The van der Waals surface area contributed by atoms with Crippen molar-refractivity contribution >= 4 is 24.0 Å². The summed E-state index contributed by atoms with van der Waals surface area (Å²) in [4.78, 5) is 73.9. The number of rotatable bonds is 11. The highest BCUT2D eigenvalue weighted by Crippen LogP contribution is 2.58. The normalized spacial score (nSPS) is 25.5. The number of aromatic nitrogens is 4. The molecule has 2 aromatic heterocycles. The third kappa shape index (κ3) is 7.51. The second-order valence-electron chi connectivity index (χ2n) is 17.5. The molecule has 0 radical (unpaired) electrons. The van der Waals surface area contributed by atoms with Gasteiger partial charge in [0.15, 0.2) is 0 Å². The highest BCUT2D eigenvalue weighted by molar-refractivity contribution is 5.87. The molecule has 308 valence electrons. The van der Waals surface area contributed by atoms with Gasteiger partial charge in [-0.1, -0.05) is 52.0 Å². The number of alkyl carbamates (subject to hydrolysis) is 1. The minimum absolute atomic E-state index is 0.0546. The van der Waals surface area contributed by atoms with E-state index in [9.17, 15) is 19.2 Å². The Balaban J connectivity index is 0.998. The summed E-state index contributed by atoms with van der Waals surface area (Å²) in [6, 6.07) is 7.35. The molecule has 0 unspecified atom stereocenters. The molecule has 5 aliphatic rings. The molecule has 4 atom stereocenters. The quantitative estimate of drug-likeness (QED) is 0.192. The van der Waals surface area contributed by atoms with Crippen LogP contribution in [0.1, 0.15) is 127 Å². The van der Waals surface area contributed by atoms with Gasteiger partial charge in [-0.15, -0.1) is 0 Å². The van der Waals surface area contributed by atoms with Gasteiger partial charge in [0, 0.05) is 37.4 Å². The molecule has 2 aliphatic heterocycles. The molecule has 14 nitrogen and oxygen atoms in total. The molecule has 2 bridgehead atoms. The topological polar surface area (TPSA) is 166 Å². The lowest BCUT2D eigenvalue weighted by molar-refractivity contribution is -0.138. The fourth-order valence-corrected chi connectivity index (χ4v) is 10.3. The zero-order valence-corrected chi connectivity index (χ0v) is 34.6. The number of nitrogens with one attached hydrogen (secondary N) is 3.